The van der Waals surface area contributed by atoms with Crippen LogP contribution in [0.2, 0.25) is 0 Å². The summed E-state index contributed by atoms with van der Waals surface area (Å²) < 4.78 is 18.3. The summed E-state index contributed by atoms with van der Waals surface area (Å²) in [7, 11) is 3.04. The summed E-state index contributed by atoms with van der Waals surface area (Å²) in [5.74, 6) is 0.882. The van der Waals surface area contributed by atoms with Crippen molar-refractivity contribution in [3.63, 3.8) is 0 Å². The fourth-order valence-electron chi connectivity index (χ4n) is 4.18. The van der Waals surface area contributed by atoms with E-state index in [-0.39, 0.29) is 18.8 Å². The van der Waals surface area contributed by atoms with E-state index in [1.54, 1.807) is 24.3 Å². The van der Waals surface area contributed by atoms with Crippen molar-refractivity contribution < 1.29 is 19.3 Å². The van der Waals surface area contributed by atoms with Crippen LogP contribution in [0.1, 0.15) is 22.7 Å². The molecule has 0 saturated carbocycles. The Morgan fingerprint density at radius 3 is 2.56 bits per heavy atom. The zero-order valence-corrected chi connectivity index (χ0v) is 19.0. The second-order valence-corrected chi connectivity index (χ2v) is 8.16. The number of hydrogen-bond donors (Lipinski definition) is 2. The maximum atomic E-state index is 12.4. The number of hydrogen-bond acceptors (Lipinski definition) is 8. The van der Waals surface area contributed by atoms with Gasteiger partial charge in [0, 0.05) is 25.8 Å². The van der Waals surface area contributed by atoms with Gasteiger partial charge in [-0.2, -0.15) is 10.4 Å². The number of nitrogens with one attached hydrogen (secondary N) is 1. The number of rotatable bonds is 8. The van der Waals surface area contributed by atoms with Crippen LogP contribution in [-0.4, -0.2) is 54.0 Å². The van der Waals surface area contributed by atoms with Crippen LogP contribution in [0.25, 0.3) is 0 Å². The number of ether oxygens (including phenoxy) is 3. The quantitative estimate of drug-likeness (QED) is 0.523. The predicted octanol–water partition coefficient (Wildman–Crippen LogP) is 2.10. The third-order valence-electron chi connectivity index (χ3n) is 5.76. The summed E-state index contributed by atoms with van der Waals surface area (Å²) in [6.07, 6.45) is -1.12. The number of nitriles is 1. The van der Waals surface area contributed by atoms with E-state index in [2.05, 4.69) is 16.5 Å². The molecule has 34 heavy (non-hydrogen) atoms. The summed E-state index contributed by atoms with van der Waals surface area (Å²) in [6, 6.07) is 18.9. The number of aliphatic hydroxyl groups excluding tert-OH is 1. The topological polar surface area (TPSA) is 119 Å². The van der Waals surface area contributed by atoms with Gasteiger partial charge < -0.3 is 24.6 Å². The first-order valence-corrected chi connectivity index (χ1v) is 10.8. The number of methoxy groups -OCH3 is 2. The van der Waals surface area contributed by atoms with Gasteiger partial charge in [-0.1, -0.05) is 30.3 Å². The van der Waals surface area contributed by atoms with E-state index < -0.39 is 17.7 Å². The second-order valence-electron chi connectivity index (χ2n) is 8.16. The highest BCUT2D eigenvalue weighted by molar-refractivity contribution is 5.50. The lowest BCUT2D eigenvalue weighted by Gasteiger charge is -2.45. The number of anilines is 1. The van der Waals surface area contributed by atoms with Crippen molar-refractivity contribution in [1.29, 1.82) is 5.26 Å². The highest BCUT2D eigenvalue weighted by Gasteiger charge is 2.50. The number of nitrogens with zero attached hydrogens (tertiary/aromatic N) is 3. The fraction of sp³-hybridized carbons (Fsp3) is 0.320. The van der Waals surface area contributed by atoms with E-state index in [4.69, 9.17) is 14.2 Å². The molecule has 0 fully saturated rings. The van der Waals surface area contributed by atoms with Crippen LogP contribution >= 0.6 is 0 Å². The summed E-state index contributed by atoms with van der Waals surface area (Å²) in [5.41, 5.74) is 0.512. The normalized spacial score (nSPS) is 18.4. The average Bonchev–Trinajstić information content (AvgIpc) is 2.85. The predicted molar refractivity (Wildman–Crippen MR) is 125 cm³/mol. The Bertz CT molecular complexity index is 1230. The van der Waals surface area contributed by atoms with Gasteiger partial charge >= 0.3 is 0 Å². The second kappa shape index (κ2) is 10.1. The minimum absolute atomic E-state index is 0.0700. The van der Waals surface area contributed by atoms with Crippen LogP contribution in [-0.2, 0) is 16.0 Å². The molecule has 0 unspecified atom stereocenters. The van der Waals surface area contributed by atoms with Crippen LogP contribution in [0.15, 0.2) is 65.5 Å². The van der Waals surface area contributed by atoms with E-state index in [1.165, 1.54) is 25.0 Å². The molecule has 0 radical (unpaired) electrons. The number of benzene rings is 2. The van der Waals surface area contributed by atoms with Crippen LogP contribution in [0.5, 0.6) is 5.75 Å². The van der Waals surface area contributed by atoms with E-state index in [9.17, 15) is 15.2 Å². The molecule has 9 nitrogen and oxygen atoms in total. The van der Waals surface area contributed by atoms with Gasteiger partial charge in [0.2, 0.25) is 0 Å². The molecule has 1 aromatic heterocycles. The Labute approximate surface area is 197 Å². The maximum absolute atomic E-state index is 12.4. The lowest BCUT2D eigenvalue weighted by atomic mass is 9.84. The molecule has 2 N–H and O–H groups in total. The van der Waals surface area contributed by atoms with Crippen LogP contribution in [0.4, 0.5) is 5.82 Å². The monoisotopic (exact) mass is 462 g/mol. The van der Waals surface area contributed by atoms with Crippen molar-refractivity contribution >= 4 is 5.82 Å². The first-order valence-electron chi connectivity index (χ1n) is 10.8. The van der Waals surface area contributed by atoms with Crippen molar-refractivity contribution in [2.75, 3.05) is 32.8 Å². The smallest absolute Gasteiger partial charge is 0.267 e. The molecule has 3 aromatic rings. The minimum atomic E-state index is -1.19. The molecular weight excluding hydrogens is 436 g/mol. The van der Waals surface area contributed by atoms with Crippen molar-refractivity contribution in [3.8, 4) is 11.8 Å². The Balaban J connectivity index is 1.73. The molecule has 4 rings (SSSR count). The first-order chi connectivity index (χ1) is 16.5. The van der Waals surface area contributed by atoms with Gasteiger partial charge in [-0.15, -0.1) is 0 Å². The molecule has 0 aliphatic carbocycles. The number of aromatic nitrogens is 2. The van der Waals surface area contributed by atoms with Gasteiger partial charge in [-0.25, -0.2) is 4.68 Å². The largest absolute Gasteiger partial charge is 0.479 e. The van der Waals surface area contributed by atoms with E-state index in [0.717, 1.165) is 5.56 Å². The van der Waals surface area contributed by atoms with Gasteiger partial charge in [-0.05, 0) is 29.8 Å². The van der Waals surface area contributed by atoms with Crippen molar-refractivity contribution in [1.82, 2.24) is 9.78 Å². The zero-order chi connectivity index (χ0) is 24.1. The molecule has 0 spiro atoms. The Morgan fingerprint density at radius 1 is 1.15 bits per heavy atom. The average molecular weight is 463 g/mol. The molecule has 176 valence electrons. The lowest BCUT2D eigenvalue weighted by molar-refractivity contribution is -0.142. The Kier molecular flexibility index (Phi) is 6.93. The minimum Gasteiger partial charge on any atom is -0.479 e. The SMILES string of the molecule is COCC1(COC)Oc2ccc(C#N)cc2[C@@H](Nc2ccc(=O)n(Cc3ccccc3)n2)[C@@H]1O. The summed E-state index contributed by atoms with van der Waals surface area (Å²) in [6.45, 7) is 0.444. The Hall–Kier alpha value is -3.71. The summed E-state index contributed by atoms with van der Waals surface area (Å²) in [5, 5.41) is 28.5. The van der Waals surface area contributed by atoms with Gasteiger partial charge in [0.05, 0.1) is 37.4 Å². The summed E-state index contributed by atoms with van der Waals surface area (Å²) >= 11 is 0. The molecular formula is C25H26N4O5. The lowest BCUT2D eigenvalue weighted by Crippen LogP contribution is -2.60. The third-order valence-corrected chi connectivity index (χ3v) is 5.76. The van der Waals surface area contributed by atoms with Gasteiger partial charge in [0.15, 0.2) is 5.60 Å². The molecule has 1 aliphatic rings. The molecule has 0 amide bonds. The molecule has 9 heteroatoms. The van der Waals surface area contributed by atoms with Crippen molar-refractivity contribution in [2.24, 2.45) is 0 Å². The third kappa shape index (κ3) is 4.65. The number of aliphatic hydroxyl groups is 1. The van der Waals surface area contributed by atoms with Crippen LogP contribution in [0, 0.1) is 11.3 Å². The molecule has 2 heterocycles. The maximum Gasteiger partial charge on any atom is 0.267 e. The summed E-state index contributed by atoms with van der Waals surface area (Å²) in [4.78, 5) is 12.4. The van der Waals surface area contributed by atoms with Gasteiger partial charge in [0.25, 0.3) is 5.56 Å². The highest BCUT2D eigenvalue weighted by atomic mass is 16.6. The van der Waals surface area contributed by atoms with Gasteiger partial charge in [-0.3, -0.25) is 4.79 Å². The molecule has 0 saturated heterocycles. The number of fused-ring (bicyclic) bond motifs is 1. The standard InChI is InChI=1S/C25H26N4O5/c1-32-15-25(16-33-2)24(31)23(19-12-18(13-26)8-9-20(19)34-25)27-21-10-11-22(30)29(28-21)14-17-6-4-3-5-7-17/h3-12,23-24,31H,14-16H2,1-2H3,(H,27,28)/t23-,24+/m1/s1. The van der Waals surface area contributed by atoms with Crippen LogP contribution in [0.3, 0.4) is 0 Å². The first kappa shape index (κ1) is 23.4. The van der Waals surface area contributed by atoms with Crippen molar-refractivity contribution in [2.45, 2.75) is 24.3 Å². The fourth-order valence-corrected chi connectivity index (χ4v) is 4.18. The van der Waals surface area contributed by atoms with E-state index in [0.29, 0.717) is 29.2 Å². The highest BCUT2D eigenvalue weighted by Crippen LogP contribution is 2.42. The van der Waals surface area contributed by atoms with Gasteiger partial charge in [0.1, 0.15) is 17.7 Å². The molecule has 2 atom stereocenters. The molecule has 1 aliphatic heterocycles. The Morgan fingerprint density at radius 2 is 1.88 bits per heavy atom. The van der Waals surface area contributed by atoms with Crippen LogP contribution < -0.4 is 15.6 Å². The molecule has 0 bridgehead atoms. The van der Waals surface area contributed by atoms with E-state index >= 15 is 0 Å². The zero-order valence-electron chi connectivity index (χ0n) is 19.0. The molecule has 2 aromatic carbocycles. The van der Waals surface area contributed by atoms with E-state index in [1.807, 2.05) is 30.3 Å². The van der Waals surface area contributed by atoms with Crippen molar-refractivity contribution in [3.05, 3.63) is 87.7 Å².